The Bertz CT molecular complexity index is 868. The second-order valence-electron chi connectivity index (χ2n) is 5.82. The highest BCUT2D eigenvalue weighted by Gasteiger charge is 2.33. The summed E-state index contributed by atoms with van der Waals surface area (Å²) in [7, 11) is 0. The number of carbonyl (C=O) groups excluding carboxylic acids is 1. The molecule has 0 radical (unpaired) electrons. The van der Waals surface area contributed by atoms with Crippen molar-refractivity contribution in [2.75, 3.05) is 6.54 Å². The number of rotatable bonds is 3. The fraction of sp³-hybridized carbons (Fsp3) is 0.294. The van der Waals surface area contributed by atoms with Crippen LogP contribution in [0.2, 0.25) is 4.34 Å². The number of likely N-dealkylation sites (tertiary alicyclic amines) is 1. The Morgan fingerprint density at radius 1 is 1.38 bits per heavy atom. The monoisotopic (exact) mass is 377 g/mol. The van der Waals surface area contributed by atoms with Crippen LogP contribution in [-0.4, -0.2) is 27.3 Å². The van der Waals surface area contributed by atoms with Crippen molar-refractivity contribution in [3.05, 3.63) is 51.1 Å². The number of thiophene rings is 1. The van der Waals surface area contributed by atoms with E-state index in [0.717, 1.165) is 49.9 Å². The molecule has 1 N–H and O–H groups in total. The molecular weight excluding hydrogens is 362 g/mol. The molecule has 1 aliphatic heterocycles. The van der Waals surface area contributed by atoms with Crippen LogP contribution >= 0.6 is 34.3 Å². The number of halogens is 1. The van der Waals surface area contributed by atoms with E-state index in [9.17, 15) is 4.79 Å². The molecule has 0 saturated carbocycles. The molecule has 24 heavy (non-hydrogen) atoms. The van der Waals surface area contributed by atoms with Gasteiger partial charge in [0.2, 0.25) is 0 Å². The van der Waals surface area contributed by atoms with Gasteiger partial charge in [-0.05, 0) is 44.0 Å². The summed E-state index contributed by atoms with van der Waals surface area (Å²) in [6.45, 7) is 2.70. The standard InChI is InChI=1S/C17H16ClN3OS2/c1-10-15(24-16(20-10)13-6-7-14(18)23-13)17(22)21-9-3-5-12(21)11-4-2-8-19-11/h2,4,6-8,12,19H,3,5,9H2,1H3. The van der Waals surface area contributed by atoms with Gasteiger partial charge in [0.05, 0.1) is 20.9 Å². The summed E-state index contributed by atoms with van der Waals surface area (Å²) in [5.41, 5.74) is 1.90. The van der Waals surface area contributed by atoms with E-state index in [-0.39, 0.29) is 11.9 Å². The number of aryl methyl sites for hydroxylation is 1. The number of hydrogen-bond donors (Lipinski definition) is 1. The Kier molecular flexibility index (Phi) is 4.20. The number of H-pyrrole nitrogens is 1. The molecule has 0 aromatic carbocycles. The average molecular weight is 378 g/mol. The van der Waals surface area contributed by atoms with Crippen LogP contribution in [0.25, 0.3) is 9.88 Å². The zero-order chi connectivity index (χ0) is 16.7. The van der Waals surface area contributed by atoms with Gasteiger partial charge in [-0.3, -0.25) is 4.79 Å². The predicted octanol–water partition coefficient (Wildman–Crippen LogP) is 5.14. The molecular formula is C17H16ClN3OS2. The molecule has 4 rings (SSSR count). The van der Waals surface area contributed by atoms with E-state index in [1.807, 2.05) is 36.2 Å². The third-order valence-electron chi connectivity index (χ3n) is 4.27. The lowest BCUT2D eigenvalue weighted by atomic mass is 10.1. The van der Waals surface area contributed by atoms with Gasteiger partial charge in [-0.25, -0.2) is 4.98 Å². The number of hydrogen-bond acceptors (Lipinski definition) is 4. The zero-order valence-electron chi connectivity index (χ0n) is 13.1. The number of aromatic nitrogens is 2. The molecule has 1 fully saturated rings. The average Bonchev–Trinajstić information content (AvgIpc) is 3.33. The van der Waals surface area contributed by atoms with E-state index in [0.29, 0.717) is 0 Å². The minimum absolute atomic E-state index is 0.0796. The Morgan fingerprint density at radius 3 is 2.96 bits per heavy atom. The van der Waals surface area contributed by atoms with Crippen LogP contribution < -0.4 is 0 Å². The van der Waals surface area contributed by atoms with Gasteiger partial charge in [-0.2, -0.15) is 0 Å². The molecule has 3 aromatic heterocycles. The molecule has 3 aromatic rings. The largest absolute Gasteiger partial charge is 0.363 e. The third kappa shape index (κ3) is 2.79. The minimum Gasteiger partial charge on any atom is -0.363 e. The predicted molar refractivity (Wildman–Crippen MR) is 99.0 cm³/mol. The third-order valence-corrected chi connectivity index (χ3v) is 6.82. The van der Waals surface area contributed by atoms with Gasteiger partial charge in [0.15, 0.2) is 0 Å². The number of aromatic amines is 1. The van der Waals surface area contributed by atoms with Crippen molar-refractivity contribution in [2.24, 2.45) is 0 Å². The Labute approximate surface area is 153 Å². The van der Waals surface area contributed by atoms with E-state index in [2.05, 4.69) is 16.0 Å². The number of nitrogens with zero attached hydrogens (tertiary/aromatic N) is 2. The summed E-state index contributed by atoms with van der Waals surface area (Å²) in [5, 5.41) is 0.864. The van der Waals surface area contributed by atoms with Crippen LogP contribution in [0.3, 0.4) is 0 Å². The summed E-state index contributed by atoms with van der Waals surface area (Å²) in [4.78, 5) is 24.6. The topological polar surface area (TPSA) is 49.0 Å². The van der Waals surface area contributed by atoms with Crippen molar-refractivity contribution in [1.29, 1.82) is 0 Å². The molecule has 1 saturated heterocycles. The summed E-state index contributed by atoms with van der Waals surface area (Å²) in [6, 6.07) is 7.98. The van der Waals surface area contributed by atoms with Crippen molar-refractivity contribution < 1.29 is 4.79 Å². The van der Waals surface area contributed by atoms with Crippen LogP contribution in [0.4, 0.5) is 0 Å². The first-order valence-corrected chi connectivity index (χ1v) is 9.82. The van der Waals surface area contributed by atoms with Gasteiger partial charge in [-0.15, -0.1) is 22.7 Å². The molecule has 124 valence electrons. The van der Waals surface area contributed by atoms with Gasteiger partial charge in [-0.1, -0.05) is 11.6 Å². The highest BCUT2D eigenvalue weighted by Crippen LogP contribution is 2.38. The second kappa shape index (κ2) is 6.35. The first-order chi connectivity index (χ1) is 11.6. The SMILES string of the molecule is Cc1nc(-c2ccc(Cl)s2)sc1C(=O)N1CCCC1c1ccc[nH]1. The Morgan fingerprint density at radius 2 is 2.25 bits per heavy atom. The van der Waals surface area contributed by atoms with Crippen molar-refractivity contribution in [1.82, 2.24) is 14.9 Å². The van der Waals surface area contributed by atoms with E-state index in [1.165, 1.54) is 22.7 Å². The van der Waals surface area contributed by atoms with E-state index in [1.54, 1.807) is 0 Å². The quantitative estimate of drug-likeness (QED) is 0.687. The van der Waals surface area contributed by atoms with Crippen molar-refractivity contribution in [3.63, 3.8) is 0 Å². The molecule has 1 amide bonds. The van der Waals surface area contributed by atoms with E-state index < -0.39 is 0 Å². The normalized spacial score (nSPS) is 17.6. The van der Waals surface area contributed by atoms with Crippen molar-refractivity contribution in [2.45, 2.75) is 25.8 Å². The van der Waals surface area contributed by atoms with Gasteiger partial charge in [0, 0.05) is 18.4 Å². The van der Waals surface area contributed by atoms with Crippen LogP contribution in [0, 0.1) is 6.92 Å². The second-order valence-corrected chi connectivity index (χ2v) is 8.53. The van der Waals surface area contributed by atoms with Gasteiger partial charge in [0.1, 0.15) is 9.88 Å². The highest BCUT2D eigenvalue weighted by molar-refractivity contribution is 7.24. The summed E-state index contributed by atoms with van der Waals surface area (Å²) in [5.74, 6) is 0.0796. The smallest absolute Gasteiger partial charge is 0.266 e. The molecule has 4 heterocycles. The Balaban J connectivity index is 1.64. The molecule has 1 atom stereocenters. The molecule has 4 nitrogen and oxygen atoms in total. The fourth-order valence-corrected chi connectivity index (χ4v) is 5.26. The van der Waals surface area contributed by atoms with Gasteiger partial charge >= 0.3 is 0 Å². The lowest BCUT2D eigenvalue weighted by molar-refractivity contribution is 0.0737. The molecule has 1 aliphatic rings. The van der Waals surface area contributed by atoms with Crippen LogP contribution in [0.1, 0.15) is 39.9 Å². The number of amides is 1. The van der Waals surface area contributed by atoms with Crippen molar-refractivity contribution in [3.8, 4) is 9.88 Å². The zero-order valence-corrected chi connectivity index (χ0v) is 15.5. The number of thiazole rings is 1. The molecule has 0 aliphatic carbocycles. The summed E-state index contributed by atoms with van der Waals surface area (Å²) < 4.78 is 0.733. The van der Waals surface area contributed by atoms with E-state index >= 15 is 0 Å². The maximum atomic E-state index is 13.1. The summed E-state index contributed by atoms with van der Waals surface area (Å²) >= 11 is 8.96. The first-order valence-electron chi connectivity index (χ1n) is 7.81. The van der Waals surface area contributed by atoms with Gasteiger partial charge in [0.25, 0.3) is 5.91 Å². The molecule has 0 spiro atoms. The number of carbonyl (C=O) groups is 1. The molecule has 7 heteroatoms. The lowest BCUT2D eigenvalue weighted by Crippen LogP contribution is -2.30. The maximum Gasteiger partial charge on any atom is 0.266 e. The highest BCUT2D eigenvalue weighted by atomic mass is 35.5. The summed E-state index contributed by atoms with van der Waals surface area (Å²) in [6.07, 6.45) is 3.94. The molecule has 0 bridgehead atoms. The number of nitrogens with one attached hydrogen (secondary N) is 1. The minimum atomic E-state index is 0.0796. The van der Waals surface area contributed by atoms with Crippen LogP contribution in [-0.2, 0) is 0 Å². The van der Waals surface area contributed by atoms with Crippen LogP contribution in [0.15, 0.2) is 30.5 Å². The van der Waals surface area contributed by atoms with Crippen LogP contribution in [0.5, 0.6) is 0 Å². The fourth-order valence-electron chi connectivity index (χ4n) is 3.14. The Hall–Kier alpha value is -1.63. The van der Waals surface area contributed by atoms with Crippen molar-refractivity contribution >= 4 is 40.2 Å². The molecule has 1 unspecified atom stereocenters. The first kappa shape index (κ1) is 15.9. The van der Waals surface area contributed by atoms with Gasteiger partial charge < -0.3 is 9.88 Å². The van der Waals surface area contributed by atoms with E-state index in [4.69, 9.17) is 11.6 Å². The lowest BCUT2D eigenvalue weighted by Gasteiger charge is -2.23. The maximum absolute atomic E-state index is 13.1.